The predicted molar refractivity (Wildman–Crippen MR) is 80.1 cm³/mol. The van der Waals surface area contributed by atoms with Gasteiger partial charge in [-0.2, -0.15) is 0 Å². The summed E-state index contributed by atoms with van der Waals surface area (Å²) in [5, 5.41) is 0.691. The van der Waals surface area contributed by atoms with E-state index in [-0.39, 0.29) is 17.4 Å². The summed E-state index contributed by atoms with van der Waals surface area (Å²) in [6, 6.07) is 6.98. The first-order valence-corrected chi connectivity index (χ1v) is 6.80. The molecule has 1 aromatic carbocycles. The van der Waals surface area contributed by atoms with E-state index in [9.17, 15) is 4.79 Å². The van der Waals surface area contributed by atoms with E-state index < -0.39 is 6.04 Å². The van der Waals surface area contributed by atoms with Gasteiger partial charge in [0.2, 0.25) is 5.91 Å². The summed E-state index contributed by atoms with van der Waals surface area (Å²) in [6.07, 6.45) is 0. The molecule has 4 heteroatoms. The van der Waals surface area contributed by atoms with Crippen molar-refractivity contribution in [2.75, 3.05) is 7.05 Å². The van der Waals surface area contributed by atoms with Gasteiger partial charge in [-0.3, -0.25) is 4.79 Å². The third kappa shape index (κ3) is 3.95. The molecule has 2 N–H and O–H groups in total. The quantitative estimate of drug-likeness (QED) is 0.925. The van der Waals surface area contributed by atoms with Crippen LogP contribution in [0.5, 0.6) is 0 Å². The number of carbonyl (C=O) groups excluding carboxylic acids is 1. The molecule has 0 saturated heterocycles. The number of nitrogens with zero attached hydrogens (tertiary/aromatic N) is 1. The van der Waals surface area contributed by atoms with Gasteiger partial charge in [-0.1, -0.05) is 44.5 Å². The van der Waals surface area contributed by atoms with Crippen LogP contribution in [0, 0.1) is 5.41 Å². The van der Waals surface area contributed by atoms with Crippen molar-refractivity contribution in [3.05, 3.63) is 34.9 Å². The Morgan fingerprint density at radius 3 is 2.16 bits per heavy atom. The third-order valence-corrected chi connectivity index (χ3v) is 3.73. The van der Waals surface area contributed by atoms with E-state index >= 15 is 0 Å². The average Bonchev–Trinajstić information content (AvgIpc) is 2.35. The number of nitrogens with two attached hydrogens (primary N) is 1. The number of likely N-dealkylation sites (N-methyl/N-ethyl adjacent to an activating group) is 1. The molecule has 0 aliphatic carbocycles. The van der Waals surface area contributed by atoms with Gasteiger partial charge < -0.3 is 10.6 Å². The van der Waals surface area contributed by atoms with E-state index in [1.54, 1.807) is 11.9 Å². The number of benzene rings is 1. The highest BCUT2D eigenvalue weighted by Crippen LogP contribution is 2.24. The maximum Gasteiger partial charge on any atom is 0.240 e. The minimum absolute atomic E-state index is 0.0295. The topological polar surface area (TPSA) is 46.3 Å². The van der Waals surface area contributed by atoms with Crippen LogP contribution >= 0.6 is 11.6 Å². The second-order valence-electron chi connectivity index (χ2n) is 6.02. The van der Waals surface area contributed by atoms with Crippen molar-refractivity contribution in [1.82, 2.24) is 4.90 Å². The van der Waals surface area contributed by atoms with Gasteiger partial charge in [0.15, 0.2) is 0 Å². The van der Waals surface area contributed by atoms with Crippen molar-refractivity contribution in [2.24, 2.45) is 11.1 Å². The highest BCUT2D eigenvalue weighted by atomic mass is 35.5. The second-order valence-corrected chi connectivity index (χ2v) is 6.46. The van der Waals surface area contributed by atoms with Gasteiger partial charge in [0.05, 0.1) is 12.1 Å². The van der Waals surface area contributed by atoms with Crippen molar-refractivity contribution in [3.63, 3.8) is 0 Å². The normalized spacial score (nSPS) is 14.9. The molecule has 0 radical (unpaired) electrons. The first-order valence-electron chi connectivity index (χ1n) is 6.42. The Labute approximate surface area is 120 Å². The summed E-state index contributed by atoms with van der Waals surface area (Å²) in [5.41, 5.74) is 6.82. The molecule has 0 saturated carbocycles. The standard InChI is InChI=1S/C15H23ClN2O/c1-10(11-6-8-12(16)9-7-11)18(5)14(19)13(17)15(2,3)4/h6-10,13H,17H2,1-5H3. The van der Waals surface area contributed by atoms with Gasteiger partial charge in [0, 0.05) is 12.1 Å². The van der Waals surface area contributed by atoms with Crippen LogP contribution in [-0.4, -0.2) is 23.9 Å². The summed E-state index contributed by atoms with van der Waals surface area (Å²) in [7, 11) is 1.78. The molecule has 0 aliphatic heterocycles. The van der Waals surface area contributed by atoms with Crippen LogP contribution in [0.2, 0.25) is 5.02 Å². The first-order chi connectivity index (χ1) is 8.64. The molecular formula is C15H23ClN2O. The van der Waals surface area contributed by atoms with Crippen LogP contribution in [0.1, 0.15) is 39.3 Å². The molecule has 2 atom stereocenters. The van der Waals surface area contributed by atoms with Gasteiger partial charge in [-0.05, 0) is 30.0 Å². The van der Waals surface area contributed by atoms with Gasteiger partial charge in [-0.15, -0.1) is 0 Å². The summed E-state index contributed by atoms with van der Waals surface area (Å²) in [6.45, 7) is 7.89. The number of rotatable bonds is 3. The van der Waals surface area contributed by atoms with Crippen molar-refractivity contribution in [1.29, 1.82) is 0 Å². The van der Waals surface area contributed by atoms with E-state index in [4.69, 9.17) is 17.3 Å². The Kier molecular flexibility index (Phi) is 4.99. The molecule has 3 nitrogen and oxygen atoms in total. The molecule has 0 heterocycles. The zero-order valence-corrected chi connectivity index (χ0v) is 13.0. The van der Waals surface area contributed by atoms with Crippen LogP contribution < -0.4 is 5.73 Å². The van der Waals surface area contributed by atoms with Crippen molar-refractivity contribution < 1.29 is 4.79 Å². The minimum Gasteiger partial charge on any atom is -0.338 e. The van der Waals surface area contributed by atoms with E-state index in [0.717, 1.165) is 5.56 Å². The van der Waals surface area contributed by atoms with Gasteiger partial charge in [0.25, 0.3) is 0 Å². The molecule has 1 aromatic rings. The zero-order chi connectivity index (χ0) is 14.8. The minimum atomic E-state index is -0.507. The SMILES string of the molecule is CC(c1ccc(Cl)cc1)N(C)C(=O)C(N)C(C)(C)C. The molecule has 1 rings (SSSR count). The molecule has 106 valence electrons. The molecule has 0 fully saturated rings. The highest BCUT2D eigenvalue weighted by Gasteiger charge is 2.31. The van der Waals surface area contributed by atoms with Crippen LogP contribution in [-0.2, 0) is 4.79 Å². The first kappa shape index (κ1) is 16.0. The third-order valence-electron chi connectivity index (χ3n) is 3.48. The number of halogens is 1. The van der Waals surface area contributed by atoms with Gasteiger partial charge >= 0.3 is 0 Å². The average molecular weight is 283 g/mol. The Balaban J connectivity index is 2.85. The molecule has 19 heavy (non-hydrogen) atoms. The maximum atomic E-state index is 12.3. The van der Waals surface area contributed by atoms with Gasteiger partial charge in [0.1, 0.15) is 0 Å². The highest BCUT2D eigenvalue weighted by molar-refractivity contribution is 6.30. The Morgan fingerprint density at radius 1 is 1.26 bits per heavy atom. The molecule has 0 bridgehead atoms. The van der Waals surface area contributed by atoms with Crippen LogP contribution in [0.3, 0.4) is 0 Å². The van der Waals surface area contributed by atoms with E-state index in [1.165, 1.54) is 0 Å². The van der Waals surface area contributed by atoms with Crippen molar-refractivity contribution >= 4 is 17.5 Å². The largest absolute Gasteiger partial charge is 0.338 e. The lowest BCUT2D eigenvalue weighted by Gasteiger charge is -2.33. The molecule has 0 aromatic heterocycles. The zero-order valence-electron chi connectivity index (χ0n) is 12.3. The fourth-order valence-corrected chi connectivity index (χ4v) is 1.87. The van der Waals surface area contributed by atoms with E-state index in [0.29, 0.717) is 5.02 Å². The van der Waals surface area contributed by atoms with Crippen molar-refractivity contribution in [2.45, 2.75) is 39.8 Å². The van der Waals surface area contributed by atoms with Gasteiger partial charge in [-0.25, -0.2) is 0 Å². The predicted octanol–water partition coefficient (Wildman–Crippen LogP) is 3.23. The monoisotopic (exact) mass is 282 g/mol. The lowest BCUT2D eigenvalue weighted by Crippen LogP contribution is -2.49. The van der Waals surface area contributed by atoms with E-state index in [1.807, 2.05) is 52.0 Å². The van der Waals surface area contributed by atoms with Crippen LogP contribution in [0.4, 0.5) is 0 Å². The maximum absolute atomic E-state index is 12.3. The van der Waals surface area contributed by atoms with Crippen LogP contribution in [0.15, 0.2) is 24.3 Å². The fourth-order valence-electron chi connectivity index (χ4n) is 1.75. The number of carbonyl (C=O) groups is 1. The Bertz CT molecular complexity index is 436. The lowest BCUT2D eigenvalue weighted by atomic mass is 9.86. The molecule has 0 aliphatic rings. The summed E-state index contributed by atoms with van der Waals surface area (Å²) >= 11 is 5.87. The fraction of sp³-hybridized carbons (Fsp3) is 0.533. The lowest BCUT2D eigenvalue weighted by molar-refractivity contribution is -0.135. The molecule has 0 spiro atoms. The number of hydrogen-bond donors (Lipinski definition) is 1. The van der Waals surface area contributed by atoms with Crippen molar-refractivity contribution in [3.8, 4) is 0 Å². The summed E-state index contributed by atoms with van der Waals surface area (Å²) < 4.78 is 0. The summed E-state index contributed by atoms with van der Waals surface area (Å²) in [4.78, 5) is 14.0. The Morgan fingerprint density at radius 2 is 1.74 bits per heavy atom. The molecular weight excluding hydrogens is 260 g/mol. The molecule has 2 unspecified atom stereocenters. The van der Waals surface area contributed by atoms with Crippen LogP contribution in [0.25, 0.3) is 0 Å². The molecule has 1 amide bonds. The smallest absolute Gasteiger partial charge is 0.240 e. The number of amides is 1. The number of hydrogen-bond acceptors (Lipinski definition) is 2. The Hall–Kier alpha value is -1.06. The summed E-state index contributed by atoms with van der Waals surface area (Å²) in [5.74, 6) is -0.0463. The second kappa shape index (κ2) is 5.93. The van der Waals surface area contributed by atoms with E-state index in [2.05, 4.69) is 0 Å².